The van der Waals surface area contributed by atoms with Gasteiger partial charge in [-0.1, -0.05) is 6.92 Å². The van der Waals surface area contributed by atoms with Crippen LogP contribution in [0.1, 0.15) is 6.92 Å². The molecule has 0 saturated carbocycles. The number of hydrogen-bond acceptors (Lipinski definition) is 5. The molecule has 0 amide bonds. The summed E-state index contributed by atoms with van der Waals surface area (Å²) in [5.41, 5.74) is 0. The van der Waals surface area contributed by atoms with Crippen LogP contribution in [0.15, 0.2) is 23.2 Å². The highest BCUT2D eigenvalue weighted by Gasteiger charge is 2.07. The zero-order chi connectivity index (χ0) is 11.3. The summed E-state index contributed by atoms with van der Waals surface area (Å²) in [5, 5.41) is 19.1. The standard InChI is InChI=1S/C9H12N2O3S/c1-7(5-12)6-15-8-2-3-9(10-4-8)11(13)14/h2-4,7,12H,5-6H2,1H3. The van der Waals surface area contributed by atoms with E-state index in [1.807, 2.05) is 6.92 Å². The van der Waals surface area contributed by atoms with E-state index in [2.05, 4.69) is 4.98 Å². The van der Waals surface area contributed by atoms with Crippen molar-refractivity contribution in [2.45, 2.75) is 11.8 Å². The molecule has 1 rings (SSSR count). The van der Waals surface area contributed by atoms with Gasteiger partial charge in [0.05, 0.1) is 4.90 Å². The van der Waals surface area contributed by atoms with Crippen molar-refractivity contribution in [3.8, 4) is 0 Å². The molecule has 1 N–H and O–H groups in total. The maximum absolute atomic E-state index is 10.3. The third-order valence-corrected chi connectivity index (χ3v) is 3.06. The Morgan fingerprint density at radius 2 is 2.40 bits per heavy atom. The van der Waals surface area contributed by atoms with Gasteiger partial charge in [0.25, 0.3) is 0 Å². The van der Waals surface area contributed by atoms with E-state index in [4.69, 9.17) is 5.11 Å². The number of pyridine rings is 1. The van der Waals surface area contributed by atoms with Crippen LogP contribution in [0.3, 0.4) is 0 Å². The van der Waals surface area contributed by atoms with Crippen molar-refractivity contribution >= 4 is 17.6 Å². The highest BCUT2D eigenvalue weighted by molar-refractivity contribution is 7.99. The molecule has 0 bridgehead atoms. The minimum atomic E-state index is -0.523. The highest BCUT2D eigenvalue weighted by atomic mass is 32.2. The first-order valence-corrected chi connectivity index (χ1v) is 5.46. The van der Waals surface area contributed by atoms with E-state index in [1.54, 1.807) is 6.07 Å². The minimum Gasteiger partial charge on any atom is -0.396 e. The fraction of sp³-hybridized carbons (Fsp3) is 0.444. The monoisotopic (exact) mass is 228 g/mol. The van der Waals surface area contributed by atoms with Crippen molar-refractivity contribution in [2.24, 2.45) is 5.92 Å². The molecule has 15 heavy (non-hydrogen) atoms. The molecule has 1 atom stereocenters. The van der Waals surface area contributed by atoms with Crippen LogP contribution in [0.5, 0.6) is 0 Å². The molecule has 0 aliphatic heterocycles. The fourth-order valence-corrected chi connectivity index (χ4v) is 1.73. The lowest BCUT2D eigenvalue weighted by Gasteiger charge is -2.05. The molecule has 0 aromatic carbocycles. The van der Waals surface area contributed by atoms with Crippen molar-refractivity contribution in [1.82, 2.24) is 4.98 Å². The van der Waals surface area contributed by atoms with Gasteiger partial charge < -0.3 is 15.2 Å². The predicted octanol–water partition coefficient (Wildman–Crippen LogP) is 1.71. The van der Waals surface area contributed by atoms with Gasteiger partial charge in [-0.15, -0.1) is 11.8 Å². The SMILES string of the molecule is CC(CO)CSc1ccc([N+](=O)[O-])nc1. The van der Waals surface area contributed by atoms with Crippen molar-refractivity contribution < 1.29 is 10.0 Å². The van der Waals surface area contributed by atoms with E-state index >= 15 is 0 Å². The minimum absolute atomic E-state index is 0.144. The Morgan fingerprint density at radius 1 is 1.67 bits per heavy atom. The molecule has 0 spiro atoms. The van der Waals surface area contributed by atoms with Gasteiger partial charge in [0.1, 0.15) is 0 Å². The van der Waals surface area contributed by atoms with Crippen LogP contribution in [0.4, 0.5) is 5.82 Å². The van der Waals surface area contributed by atoms with Gasteiger partial charge in [-0.25, -0.2) is 0 Å². The van der Waals surface area contributed by atoms with Crippen molar-refractivity contribution in [3.05, 3.63) is 28.4 Å². The van der Waals surface area contributed by atoms with Crippen LogP contribution in [0.25, 0.3) is 0 Å². The lowest BCUT2D eigenvalue weighted by molar-refractivity contribution is -0.389. The first kappa shape index (κ1) is 11.9. The number of thioether (sulfide) groups is 1. The summed E-state index contributed by atoms with van der Waals surface area (Å²) < 4.78 is 0. The van der Waals surface area contributed by atoms with Gasteiger partial charge in [-0.05, 0) is 21.9 Å². The number of aromatic nitrogens is 1. The first-order chi connectivity index (χ1) is 7.13. The topological polar surface area (TPSA) is 76.3 Å². The number of hydrogen-bond donors (Lipinski definition) is 1. The van der Waals surface area contributed by atoms with Crippen LogP contribution in [-0.4, -0.2) is 27.4 Å². The second kappa shape index (κ2) is 5.67. The summed E-state index contributed by atoms with van der Waals surface area (Å²) in [6, 6.07) is 3.05. The smallest absolute Gasteiger partial charge is 0.363 e. The molecule has 0 radical (unpaired) electrons. The van der Waals surface area contributed by atoms with E-state index in [0.717, 1.165) is 10.6 Å². The molecule has 1 aromatic heterocycles. The second-order valence-electron chi connectivity index (χ2n) is 3.21. The third-order valence-electron chi connectivity index (χ3n) is 1.75. The second-order valence-corrected chi connectivity index (χ2v) is 4.30. The van der Waals surface area contributed by atoms with Gasteiger partial charge in [-0.3, -0.25) is 0 Å². The molecule has 1 unspecified atom stereocenters. The first-order valence-electron chi connectivity index (χ1n) is 4.47. The number of aliphatic hydroxyl groups is 1. The summed E-state index contributed by atoms with van der Waals surface area (Å²) in [6.45, 7) is 2.08. The number of nitro groups is 1. The molecule has 1 aromatic rings. The van der Waals surface area contributed by atoms with Crippen molar-refractivity contribution in [3.63, 3.8) is 0 Å². The molecule has 0 fully saturated rings. The largest absolute Gasteiger partial charge is 0.396 e. The molecule has 82 valence electrons. The van der Waals surface area contributed by atoms with Crippen LogP contribution in [0.2, 0.25) is 0 Å². The van der Waals surface area contributed by atoms with Crippen molar-refractivity contribution in [1.29, 1.82) is 0 Å². The molecule has 1 heterocycles. The lowest BCUT2D eigenvalue weighted by atomic mass is 10.2. The lowest BCUT2D eigenvalue weighted by Crippen LogP contribution is -2.03. The number of rotatable bonds is 5. The molecule has 0 aliphatic carbocycles. The molecule has 0 aliphatic rings. The zero-order valence-electron chi connectivity index (χ0n) is 8.29. The van der Waals surface area contributed by atoms with E-state index < -0.39 is 4.92 Å². The summed E-state index contributed by atoms with van der Waals surface area (Å²) in [6.07, 6.45) is 1.48. The van der Waals surface area contributed by atoms with Gasteiger partial charge in [0.15, 0.2) is 6.20 Å². The molecule has 5 nitrogen and oxygen atoms in total. The normalized spacial score (nSPS) is 12.4. The van der Waals surface area contributed by atoms with Gasteiger partial charge in [0.2, 0.25) is 0 Å². The van der Waals surface area contributed by atoms with E-state index in [0.29, 0.717) is 0 Å². The number of aliphatic hydroxyl groups excluding tert-OH is 1. The van der Waals surface area contributed by atoms with Crippen molar-refractivity contribution in [2.75, 3.05) is 12.4 Å². The third kappa shape index (κ3) is 3.85. The molecular formula is C9H12N2O3S. The maximum Gasteiger partial charge on any atom is 0.363 e. The average Bonchev–Trinajstić information content (AvgIpc) is 2.26. The quantitative estimate of drug-likeness (QED) is 0.471. The Morgan fingerprint density at radius 3 is 2.87 bits per heavy atom. The summed E-state index contributed by atoms with van der Waals surface area (Å²) in [5.74, 6) is 0.843. The number of nitrogens with zero attached hydrogens (tertiary/aromatic N) is 2. The Bertz CT molecular complexity index is 329. The molecular weight excluding hydrogens is 216 g/mol. The van der Waals surface area contributed by atoms with Crippen LogP contribution >= 0.6 is 11.8 Å². The molecule has 6 heteroatoms. The van der Waals surface area contributed by atoms with E-state index in [-0.39, 0.29) is 18.3 Å². The maximum atomic E-state index is 10.3. The van der Waals surface area contributed by atoms with Crippen LogP contribution in [0, 0.1) is 16.0 Å². The Hall–Kier alpha value is -1.14. The van der Waals surface area contributed by atoms with Crippen LogP contribution in [-0.2, 0) is 0 Å². The fourth-order valence-electron chi connectivity index (χ4n) is 0.857. The Labute approximate surface area is 91.7 Å². The predicted molar refractivity (Wildman–Crippen MR) is 57.9 cm³/mol. The zero-order valence-corrected chi connectivity index (χ0v) is 9.11. The molecule has 0 saturated heterocycles. The van der Waals surface area contributed by atoms with Crippen LogP contribution < -0.4 is 0 Å². The van der Waals surface area contributed by atoms with E-state index in [9.17, 15) is 10.1 Å². The van der Waals surface area contributed by atoms with Gasteiger partial charge in [0, 0.05) is 18.4 Å². The summed E-state index contributed by atoms with van der Waals surface area (Å²) >= 11 is 1.53. The van der Waals surface area contributed by atoms with E-state index in [1.165, 1.54) is 24.0 Å². The Kier molecular flexibility index (Phi) is 4.51. The summed E-state index contributed by atoms with van der Waals surface area (Å²) in [4.78, 5) is 14.4. The Balaban J connectivity index is 2.53. The van der Waals surface area contributed by atoms with Gasteiger partial charge >= 0.3 is 5.82 Å². The highest BCUT2D eigenvalue weighted by Crippen LogP contribution is 2.21. The van der Waals surface area contributed by atoms with Gasteiger partial charge in [-0.2, -0.15) is 0 Å². The summed E-state index contributed by atoms with van der Waals surface area (Å²) in [7, 11) is 0. The average molecular weight is 228 g/mol.